The smallest absolute Gasteiger partial charge is 0.359 e. The van der Waals surface area contributed by atoms with Crippen molar-refractivity contribution in [2.75, 3.05) is 32.0 Å². The number of amides is 1. The number of ether oxygens (including phenoxy) is 2. The monoisotopic (exact) mass is 296 g/mol. The number of aryl methyl sites for hydroxylation is 2. The van der Waals surface area contributed by atoms with E-state index >= 15 is 0 Å². The fraction of sp³-hybridized carbons (Fsp3) is 0.615. The third kappa shape index (κ3) is 3.15. The highest BCUT2D eigenvalue weighted by Crippen LogP contribution is 2.17. The molecule has 0 aromatic carbocycles. The SMILES string of the molecule is Cc1nn(C)c(C(=O)OC(C)C(=O)N2CCOCC2)c1N. The summed E-state index contributed by atoms with van der Waals surface area (Å²) >= 11 is 0. The van der Waals surface area contributed by atoms with Gasteiger partial charge in [0.05, 0.1) is 24.6 Å². The lowest BCUT2D eigenvalue weighted by atomic mass is 10.3. The molecule has 1 atom stereocenters. The number of hydrogen-bond donors (Lipinski definition) is 1. The zero-order chi connectivity index (χ0) is 15.6. The van der Waals surface area contributed by atoms with Crippen molar-refractivity contribution in [1.29, 1.82) is 0 Å². The molecule has 1 fully saturated rings. The van der Waals surface area contributed by atoms with Crippen molar-refractivity contribution in [3.05, 3.63) is 11.4 Å². The van der Waals surface area contributed by atoms with E-state index < -0.39 is 12.1 Å². The molecular formula is C13H20N4O4. The summed E-state index contributed by atoms with van der Waals surface area (Å²) < 4.78 is 11.8. The van der Waals surface area contributed by atoms with Gasteiger partial charge in [0.2, 0.25) is 0 Å². The maximum Gasteiger partial charge on any atom is 0.359 e. The Kier molecular flexibility index (Phi) is 4.46. The second kappa shape index (κ2) is 6.13. The molecular weight excluding hydrogens is 276 g/mol. The summed E-state index contributed by atoms with van der Waals surface area (Å²) in [5.41, 5.74) is 6.79. The standard InChI is InChI=1S/C13H20N4O4/c1-8-10(14)11(16(3)15-8)13(19)21-9(2)12(18)17-4-6-20-7-5-17/h9H,4-7,14H2,1-3H3. The predicted octanol–water partition coefficient (Wildman–Crippen LogP) is -0.285. The maximum atomic E-state index is 12.2. The lowest BCUT2D eigenvalue weighted by molar-refractivity contribution is -0.143. The van der Waals surface area contributed by atoms with Gasteiger partial charge in [-0.05, 0) is 13.8 Å². The van der Waals surface area contributed by atoms with Crippen LogP contribution in [0.15, 0.2) is 0 Å². The van der Waals surface area contributed by atoms with Crippen molar-refractivity contribution in [2.45, 2.75) is 20.0 Å². The molecule has 1 aromatic rings. The number of carbonyl (C=O) groups is 2. The molecule has 2 N–H and O–H groups in total. The molecule has 2 heterocycles. The third-order valence-electron chi connectivity index (χ3n) is 3.42. The molecule has 1 unspecified atom stereocenters. The third-order valence-corrected chi connectivity index (χ3v) is 3.42. The largest absolute Gasteiger partial charge is 0.448 e. The van der Waals surface area contributed by atoms with Crippen molar-refractivity contribution in [3.8, 4) is 0 Å². The number of anilines is 1. The average Bonchev–Trinajstić information content (AvgIpc) is 2.72. The average molecular weight is 296 g/mol. The molecule has 1 aliphatic heterocycles. The van der Waals surface area contributed by atoms with Gasteiger partial charge in [-0.3, -0.25) is 9.48 Å². The van der Waals surface area contributed by atoms with Crippen LogP contribution < -0.4 is 5.73 Å². The number of nitrogen functional groups attached to an aromatic ring is 1. The Balaban J connectivity index is 2.03. The van der Waals surface area contributed by atoms with Crippen LogP contribution in [0.4, 0.5) is 5.69 Å². The Morgan fingerprint density at radius 2 is 2.00 bits per heavy atom. The Morgan fingerprint density at radius 1 is 1.38 bits per heavy atom. The van der Waals surface area contributed by atoms with E-state index in [0.717, 1.165) is 0 Å². The van der Waals surface area contributed by atoms with Crippen LogP contribution in [0.2, 0.25) is 0 Å². The summed E-state index contributed by atoms with van der Waals surface area (Å²) in [6.07, 6.45) is -0.870. The quantitative estimate of drug-likeness (QED) is 0.770. The van der Waals surface area contributed by atoms with Gasteiger partial charge in [-0.25, -0.2) is 4.79 Å². The number of nitrogens with two attached hydrogens (primary N) is 1. The molecule has 1 aromatic heterocycles. The molecule has 0 aliphatic carbocycles. The summed E-state index contributed by atoms with van der Waals surface area (Å²) in [5, 5.41) is 4.05. The van der Waals surface area contributed by atoms with E-state index in [9.17, 15) is 9.59 Å². The lowest BCUT2D eigenvalue weighted by Gasteiger charge is -2.28. The molecule has 1 aliphatic rings. The molecule has 8 nitrogen and oxygen atoms in total. The van der Waals surface area contributed by atoms with Crippen molar-refractivity contribution in [2.24, 2.45) is 7.05 Å². The number of esters is 1. The molecule has 8 heteroatoms. The summed E-state index contributed by atoms with van der Waals surface area (Å²) in [5.74, 6) is -0.881. The fourth-order valence-corrected chi connectivity index (χ4v) is 2.22. The van der Waals surface area contributed by atoms with Crippen LogP contribution in [0.25, 0.3) is 0 Å². The Bertz CT molecular complexity index is 549. The van der Waals surface area contributed by atoms with Gasteiger partial charge in [0.25, 0.3) is 5.91 Å². The first kappa shape index (κ1) is 15.3. The minimum Gasteiger partial charge on any atom is -0.448 e. The molecule has 1 amide bonds. The topological polar surface area (TPSA) is 99.7 Å². The minimum atomic E-state index is -0.870. The Labute approximate surface area is 122 Å². The summed E-state index contributed by atoms with van der Waals surface area (Å²) in [4.78, 5) is 25.9. The lowest BCUT2D eigenvalue weighted by Crippen LogP contribution is -2.46. The molecule has 0 radical (unpaired) electrons. The van der Waals surface area contributed by atoms with Crippen LogP contribution in [0.1, 0.15) is 23.1 Å². The van der Waals surface area contributed by atoms with Gasteiger partial charge in [-0.1, -0.05) is 0 Å². The minimum absolute atomic E-state index is 0.161. The van der Waals surface area contributed by atoms with Crippen molar-refractivity contribution < 1.29 is 19.1 Å². The van der Waals surface area contributed by atoms with Gasteiger partial charge in [-0.2, -0.15) is 5.10 Å². The van der Waals surface area contributed by atoms with E-state index in [1.807, 2.05) is 0 Å². The first-order valence-electron chi connectivity index (χ1n) is 6.78. The number of rotatable bonds is 3. The predicted molar refractivity (Wildman–Crippen MR) is 74.6 cm³/mol. The van der Waals surface area contributed by atoms with E-state index in [4.69, 9.17) is 15.2 Å². The summed E-state index contributed by atoms with van der Waals surface area (Å²) in [6, 6.07) is 0. The van der Waals surface area contributed by atoms with E-state index in [2.05, 4.69) is 5.10 Å². The molecule has 0 bridgehead atoms. The van der Waals surface area contributed by atoms with E-state index in [1.54, 1.807) is 25.8 Å². The molecule has 21 heavy (non-hydrogen) atoms. The molecule has 1 saturated heterocycles. The van der Waals surface area contributed by atoms with Crippen molar-refractivity contribution in [3.63, 3.8) is 0 Å². The normalized spacial score (nSPS) is 16.6. The number of nitrogens with zero attached hydrogens (tertiary/aromatic N) is 3. The number of morpholine rings is 1. The van der Waals surface area contributed by atoms with Crippen LogP contribution >= 0.6 is 0 Å². The Hall–Kier alpha value is -2.09. The van der Waals surface area contributed by atoms with Crippen molar-refractivity contribution >= 4 is 17.6 Å². The molecule has 116 valence electrons. The van der Waals surface area contributed by atoms with Gasteiger partial charge in [0.1, 0.15) is 0 Å². The van der Waals surface area contributed by atoms with Crippen LogP contribution in [0, 0.1) is 6.92 Å². The zero-order valence-electron chi connectivity index (χ0n) is 12.5. The van der Waals surface area contributed by atoms with Crippen molar-refractivity contribution in [1.82, 2.24) is 14.7 Å². The van der Waals surface area contributed by atoms with E-state index in [-0.39, 0.29) is 17.3 Å². The van der Waals surface area contributed by atoms with Gasteiger partial charge in [0.15, 0.2) is 11.8 Å². The maximum absolute atomic E-state index is 12.2. The fourth-order valence-electron chi connectivity index (χ4n) is 2.22. The summed E-state index contributed by atoms with van der Waals surface area (Å²) in [7, 11) is 1.61. The van der Waals surface area contributed by atoms with Gasteiger partial charge in [-0.15, -0.1) is 0 Å². The van der Waals surface area contributed by atoms with Gasteiger partial charge >= 0.3 is 5.97 Å². The van der Waals surface area contributed by atoms with Gasteiger partial charge in [0, 0.05) is 20.1 Å². The number of aromatic nitrogens is 2. The van der Waals surface area contributed by atoms with E-state index in [0.29, 0.717) is 32.0 Å². The highest BCUT2D eigenvalue weighted by Gasteiger charge is 2.28. The molecule has 0 saturated carbocycles. The summed E-state index contributed by atoms with van der Waals surface area (Å²) in [6.45, 7) is 5.27. The zero-order valence-corrected chi connectivity index (χ0v) is 12.5. The second-order valence-electron chi connectivity index (χ2n) is 4.96. The van der Waals surface area contributed by atoms with Crippen LogP contribution in [0.3, 0.4) is 0 Å². The first-order valence-corrected chi connectivity index (χ1v) is 6.78. The second-order valence-corrected chi connectivity index (χ2v) is 4.96. The van der Waals surface area contributed by atoms with Crippen LogP contribution in [-0.2, 0) is 21.3 Å². The number of hydrogen-bond acceptors (Lipinski definition) is 6. The molecule has 2 rings (SSSR count). The first-order chi connectivity index (χ1) is 9.91. The highest BCUT2D eigenvalue weighted by atomic mass is 16.5. The molecule has 0 spiro atoms. The Morgan fingerprint density at radius 3 is 2.52 bits per heavy atom. The van der Waals surface area contributed by atoms with Crippen LogP contribution in [-0.4, -0.2) is 59.0 Å². The number of carbonyl (C=O) groups excluding carboxylic acids is 2. The van der Waals surface area contributed by atoms with Crippen LogP contribution in [0.5, 0.6) is 0 Å². The van der Waals surface area contributed by atoms with E-state index in [1.165, 1.54) is 4.68 Å². The highest BCUT2D eigenvalue weighted by molar-refractivity contribution is 5.95. The van der Waals surface area contributed by atoms with Gasteiger partial charge < -0.3 is 20.1 Å².